The Morgan fingerprint density at radius 1 is 0.880 bits per heavy atom. The summed E-state index contributed by atoms with van der Waals surface area (Å²) in [4.78, 5) is 0.302. The summed E-state index contributed by atoms with van der Waals surface area (Å²) in [5, 5.41) is 0. The average Bonchev–Trinajstić information content (AvgIpc) is 2.55. The lowest BCUT2D eigenvalue weighted by Crippen LogP contribution is -2.23. The second-order valence-corrected chi connectivity index (χ2v) is 8.39. The van der Waals surface area contributed by atoms with Crippen molar-refractivity contribution in [1.29, 1.82) is 0 Å². The summed E-state index contributed by atoms with van der Waals surface area (Å²) in [6.07, 6.45) is 10.6. The number of allylic oxidation sites excluding steroid dienone is 5. The molecule has 1 rings (SSSR count). The van der Waals surface area contributed by atoms with Gasteiger partial charge in [0.2, 0.25) is 10.0 Å². The van der Waals surface area contributed by atoms with Crippen LogP contribution in [0.15, 0.2) is 70.2 Å². The zero-order chi connectivity index (χ0) is 18.7. The second kappa shape index (κ2) is 11.1. The standard InChI is InChI=1S/C21H31NO2S/c1-18(2)10-8-11-19(3)12-9-13-20(4)16-17-22-25(23,24)21-14-6-5-7-15-21/h5-7,10,12,14-16,22H,8-9,11,13,17H2,1-4H3/b19-12+,20-16+. The summed E-state index contributed by atoms with van der Waals surface area (Å²) in [5.41, 5.74) is 3.98. The number of hydrogen-bond donors (Lipinski definition) is 1. The third-order valence-electron chi connectivity index (χ3n) is 3.90. The van der Waals surface area contributed by atoms with Crippen molar-refractivity contribution < 1.29 is 8.42 Å². The van der Waals surface area contributed by atoms with Gasteiger partial charge in [0, 0.05) is 6.54 Å². The molecule has 0 radical (unpaired) electrons. The highest BCUT2D eigenvalue weighted by Crippen LogP contribution is 2.11. The van der Waals surface area contributed by atoms with E-state index in [1.165, 1.54) is 16.7 Å². The van der Waals surface area contributed by atoms with Gasteiger partial charge in [0.05, 0.1) is 4.90 Å². The Bertz CT molecular complexity index is 710. The predicted octanol–water partition coefficient (Wildman–Crippen LogP) is 5.38. The molecule has 0 saturated heterocycles. The first-order valence-corrected chi connectivity index (χ1v) is 10.3. The minimum atomic E-state index is -3.42. The number of hydrogen-bond acceptors (Lipinski definition) is 2. The largest absolute Gasteiger partial charge is 0.240 e. The lowest BCUT2D eigenvalue weighted by Gasteiger charge is -2.05. The van der Waals surface area contributed by atoms with Crippen LogP contribution in [0.5, 0.6) is 0 Å². The Labute approximate surface area is 153 Å². The van der Waals surface area contributed by atoms with Crippen molar-refractivity contribution in [2.24, 2.45) is 0 Å². The van der Waals surface area contributed by atoms with E-state index in [9.17, 15) is 8.42 Å². The number of sulfonamides is 1. The van der Waals surface area contributed by atoms with Gasteiger partial charge in [-0.15, -0.1) is 0 Å². The van der Waals surface area contributed by atoms with Gasteiger partial charge in [-0.2, -0.15) is 0 Å². The van der Waals surface area contributed by atoms with Crippen molar-refractivity contribution in [1.82, 2.24) is 4.72 Å². The molecular weight excluding hydrogens is 330 g/mol. The normalized spacial score (nSPS) is 13.0. The lowest BCUT2D eigenvalue weighted by molar-refractivity contribution is 0.585. The first-order valence-electron chi connectivity index (χ1n) is 8.80. The highest BCUT2D eigenvalue weighted by molar-refractivity contribution is 7.89. The second-order valence-electron chi connectivity index (χ2n) is 6.62. The Kier molecular flexibility index (Phi) is 9.46. The van der Waals surface area contributed by atoms with Gasteiger partial charge in [-0.1, -0.05) is 53.1 Å². The Balaban J connectivity index is 2.38. The quantitative estimate of drug-likeness (QED) is 0.568. The van der Waals surface area contributed by atoms with Gasteiger partial charge >= 0.3 is 0 Å². The molecule has 0 aliphatic carbocycles. The van der Waals surface area contributed by atoms with Crippen LogP contribution in [0.25, 0.3) is 0 Å². The summed E-state index contributed by atoms with van der Waals surface area (Å²) in [6.45, 7) is 8.79. The molecule has 0 bridgehead atoms. The Morgan fingerprint density at radius 2 is 1.44 bits per heavy atom. The van der Waals surface area contributed by atoms with Crippen molar-refractivity contribution >= 4 is 10.0 Å². The molecule has 138 valence electrons. The van der Waals surface area contributed by atoms with Crippen molar-refractivity contribution in [3.63, 3.8) is 0 Å². The molecule has 0 saturated carbocycles. The van der Waals surface area contributed by atoms with Crippen LogP contribution in [0.2, 0.25) is 0 Å². The maximum absolute atomic E-state index is 12.1. The zero-order valence-electron chi connectivity index (χ0n) is 15.9. The van der Waals surface area contributed by atoms with Crippen molar-refractivity contribution in [3.8, 4) is 0 Å². The molecule has 25 heavy (non-hydrogen) atoms. The molecule has 0 spiro atoms. The van der Waals surface area contributed by atoms with Gasteiger partial charge in [0.1, 0.15) is 0 Å². The zero-order valence-corrected chi connectivity index (χ0v) is 16.7. The van der Waals surface area contributed by atoms with Crippen molar-refractivity contribution in [3.05, 3.63) is 65.3 Å². The van der Waals surface area contributed by atoms with Gasteiger partial charge in [0.25, 0.3) is 0 Å². The summed E-state index contributed by atoms with van der Waals surface area (Å²) in [6, 6.07) is 8.45. The summed E-state index contributed by atoms with van der Waals surface area (Å²) in [5.74, 6) is 0. The van der Waals surface area contributed by atoms with E-state index in [4.69, 9.17) is 0 Å². The third kappa shape index (κ3) is 9.42. The minimum absolute atomic E-state index is 0.302. The van der Waals surface area contributed by atoms with Gasteiger partial charge in [-0.3, -0.25) is 0 Å². The summed E-state index contributed by atoms with van der Waals surface area (Å²) >= 11 is 0. The van der Waals surface area contributed by atoms with Crippen LogP contribution in [-0.4, -0.2) is 15.0 Å². The number of nitrogens with one attached hydrogen (secondary N) is 1. The molecule has 0 aliphatic heterocycles. The first-order chi connectivity index (χ1) is 11.8. The fraction of sp³-hybridized carbons (Fsp3) is 0.429. The highest BCUT2D eigenvalue weighted by Gasteiger charge is 2.11. The van der Waals surface area contributed by atoms with E-state index in [0.29, 0.717) is 11.4 Å². The van der Waals surface area contributed by atoms with E-state index in [1.807, 2.05) is 13.0 Å². The lowest BCUT2D eigenvalue weighted by atomic mass is 10.1. The molecule has 0 atom stereocenters. The van der Waals surface area contributed by atoms with E-state index < -0.39 is 10.0 Å². The average molecular weight is 362 g/mol. The predicted molar refractivity (Wildman–Crippen MR) is 107 cm³/mol. The Morgan fingerprint density at radius 3 is 2.04 bits per heavy atom. The maximum Gasteiger partial charge on any atom is 0.240 e. The van der Waals surface area contributed by atoms with Crippen LogP contribution in [0, 0.1) is 0 Å². The van der Waals surface area contributed by atoms with Crippen LogP contribution in [0.3, 0.4) is 0 Å². The number of benzene rings is 1. The summed E-state index contributed by atoms with van der Waals surface area (Å²) in [7, 11) is -3.42. The molecule has 3 nitrogen and oxygen atoms in total. The summed E-state index contributed by atoms with van der Waals surface area (Å²) < 4.78 is 26.8. The van der Waals surface area contributed by atoms with Gasteiger partial charge in [-0.25, -0.2) is 13.1 Å². The van der Waals surface area contributed by atoms with E-state index in [1.54, 1.807) is 30.3 Å². The molecular formula is C21H31NO2S. The van der Waals surface area contributed by atoms with Crippen molar-refractivity contribution in [2.75, 3.05) is 6.54 Å². The topological polar surface area (TPSA) is 46.2 Å². The highest BCUT2D eigenvalue weighted by atomic mass is 32.2. The van der Waals surface area contributed by atoms with Crippen LogP contribution in [0.1, 0.15) is 53.4 Å². The van der Waals surface area contributed by atoms with Gasteiger partial charge in [-0.05, 0) is 65.5 Å². The fourth-order valence-corrected chi connectivity index (χ4v) is 3.33. The van der Waals surface area contributed by atoms with Gasteiger partial charge < -0.3 is 0 Å². The van der Waals surface area contributed by atoms with Crippen LogP contribution in [0.4, 0.5) is 0 Å². The molecule has 0 fully saturated rings. The van der Waals surface area contributed by atoms with Gasteiger partial charge in [0.15, 0.2) is 0 Å². The molecule has 0 heterocycles. The molecule has 4 heteroatoms. The number of rotatable bonds is 10. The molecule has 0 aliphatic rings. The monoisotopic (exact) mass is 361 g/mol. The smallest absolute Gasteiger partial charge is 0.207 e. The minimum Gasteiger partial charge on any atom is -0.207 e. The van der Waals surface area contributed by atoms with Crippen molar-refractivity contribution in [2.45, 2.75) is 58.3 Å². The molecule has 0 amide bonds. The van der Waals surface area contributed by atoms with Crippen LogP contribution < -0.4 is 4.72 Å². The molecule has 1 aromatic carbocycles. The maximum atomic E-state index is 12.1. The van der Waals surface area contributed by atoms with E-state index in [2.05, 4.69) is 37.6 Å². The first kappa shape index (κ1) is 21.4. The van der Waals surface area contributed by atoms with Crippen LogP contribution in [-0.2, 0) is 10.0 Å². The van der Waals surface area contributed by atoms with Crippen LogP contribution >= 0.6 is 0 Å². The van der Waals surface area contributed by atoms with E-state index >= 15 is 0 Å². The van der Waals surface area contributed by atoms with E-state index in [-0.39, 0.29) is 0 Å². The molecule has 1 N–H and O–H groups in total. The third-order valence-corrected chi connectivity index (χ3v) is 5.34. The molecule has 1 aromatic rings. The molecule has 0 unspecified atom stereocenters. The fourth-order valence-electron chi connectivity index (χ4n) is 2.35. The SMILES string of the molecule is CC(C)=CCC/C(C)=C/CC/C(C)=C/CNS(=O)(=O)c1ccccc1. The molecule has 0 aromatic heterocycles. The Hall–Kier alpha value is -1.65. The van der Waals surface area contributed by atoms with E-state index in [0.717, 1.165) is 25.7 Å².